The van der Waals surface area contributed by atoms with E-state index in [4.69, 9.17) is 0 Å². The predicted octanol–water partition coefficient (Wildman–Crippen LogP) is 2.18. The van der Waals surface area contributed by atoms with E-state index in [1.807, 2.05) is 34.8 Å². The van der Waals surface area contributed by atoms with Gasteiger partial charge >= 0.3 is 0 Å². The lowest BCUT2D eigenvalue weighted by atomic mass is 10.2. The Labute approximate surface area is 104 Å². The van der Waals surface area contributed by atoms with Gasteiger partial charge in [-0.05, 0) is 24.3 Å². The van der Waals surface area contributed by atoms with Crippen LogP contribution in [0.3, 0.4) is 0 Å². The molecule has 0 aliphatic carbocycles. The first-order valence-corrected chi connectivity index (χ1v) is 6.86. The Balaban J connectivity index is 1.71. The minimum Gasteiger partial charge on any atom is -0.380 e. The van der Waals surface area contributed by atoms with Crippen molar-refractivity contribution >= 4 is 17.4 Å². The zero-order chi connectivity index (χ0) is 11.5. The van der Waals surface area contributed by atoms with Gasteiger partial charge in [0.1, 0.15) is 12.1 Å². The van der Waals surface area contributed by atoms with Crippen LogP contribution in [0, 0.1) is 0 Å². The SMILES string of the molecule is c1cn(-c2ccc(NC3CCSC3)cn2)cn1. The zero-order valence-electron chi connectivity index (χ0n) is 9.41. The molecule has 0 amide bonds. The van der Waals surface area contributed by atoms with E-state index in [1.54, 1.807) is 12.5 Å². The lowest BCUT2D eigenvalue weighted by Crippen LogP contribution is -2.18. The smallest absolute Gasteiger partial charge is 0.137 e. The highest BCUT2D eigenvalue weighted by molar-refractivity contribution is 7.99. The number of hydrogen-bond acceptors (Lipinski definition) is 4. The molecule has 3 rings (SSSR count). The summed E-state index contributed by atoms with van der Waals surface area (Å²) in [7, 11) is 0. The predicted molar refractivity (Wildman–Crippen MR) is 70.7 cm³/mol. The van der Waals surface area contributed by atoms with Gasteiger partial charge in [0, 0.05) is 24.2 Å². The summed E-state index contributed by atoms with van der Waals surface area (Å²) in [5, 5.41) is 3.51. The molecule has 1 atom stereocenters. The topological polar surface area (TPSA) is 42.7 Å². The Morgan fingerprint density at radius 3 is 3.06 bits per heavy atom. The third kappa shape index (κ3) is 2.44. The second kappa shape index (κ2) is 4.79. The number of pyridine rings is 1. The molecule has 5 heteroatoms. The van der Waals surface area contributed by atoms with Gasteiger partial charge in [0.25, 0.3) is 0 Å². The second-order valence-corrected chi connectivity index (χ2v) is 5.23. The van der Waals surface area contributed by atoms with Crippen LogP contribution in [0.15, 0.2) is 37.1 Å². The molecule has 0 radical (unpaired) electrons. The Hall–Kier alpha value is -1.49. The first-order chi connectivity index (χ1) is 8.42. The van der Waals surface area contributed by atoms with Crippen LogP contribution in [0.2, 0.25) is 0 Å². The fraction of sp³-hybridized carbons (Fsp3) is 0.333. The molecular formula is C12H14N4S. The summed E-state index contributed by atoms with van der Waals surface area (Å²) in [5.74, 6) is 3.36. The van der Waals surface area contributed by atoms with E-state index in [0.717, 1.165) is 11.5 Å². The van der Waals surface area contributed by atoms with Crippen molar-refractivity contribution in [2.24, 2.45) is 0 Å². The summed E-state index contributed by atoms with van der Waals surface area (Å²) in [6.45, 7) is 0. The van der Waals surface area contributed by atoms with Crippen molar-refractivity contribution in [1.82, 2.24) is 14.5 Å². The summed E-state index contributed by atoms with van der Waals surface area (Å²) in [5.41, 5.74) is 1.10. The van der Waals surface area contributed by atoms with Crippen molar-refractivity contribution in [3.05, 3.63) is 37.1 Å². The Kier molecular flexibility index (Phi) is 3.00. The molecule has 1 N–H and O–H groups in total. The van der Waals surface area contributed by atoms with Crippen LogP contribution in [0.5, 0.6) is 0 Å². The molecular weight excluding hydrogens is 232 g/mol. The number of hydrogen-bond donors (Lipinski definition) is 1. The van der Waals surface area contributed by atoms with Crippen LogP contribution in [0.1, 0.15) is 6.42 Å². The van der Waals surface area contributed by atoms with Crippen molar-refractivity contribution in [2.45, 2.75) is 12.5 Å². The fourth-order valence-corrected chi connectivity index (χ4v) is 3.06. The molecule has 0 bridgehead atoms. The average molecular weight is 246 g/mol. The van der Waals surface area contributed by atoms with Crippen molar-refractivity contribution in [1.29, 1.82) is 0 Å². The van der Waals surface area contributed by atoms with Gasteiger partial charge in [-0.1, -0.05) is 0 Å². The number of anilines is 1. The van der Waals surface area contributed by atoms with E-state index in [9.17, 15) is 0 Å². The standard InChI is InChI=1S/C12H14N4S/c1-2-12(16-5-4-13-9-16)14-7-10(1)15-11-3-6-17-8-11/h1-2,4-5,7,9,11,15H,3,6,8H2. The monoisotopic (exact) mass is 246 g/mol. The first-order valence-electron chi connectivity index (χ1n) is 5.70. The molecule has 1 fully saturated rings. The van der Waals surface area contributed by atoms with Crippen LogP contribution in [-0.4, -0.2) is 32.1 Å². The minimum atomic E-state index is 0.598. The largest absolute Gasteiger partial charge is 0.380 e. The van der Waals surface area contributed by atoms with Crippen molar-refractivity contribution in [3.8, 4) is 5.82 Å². The molecule has 1 unspecified atom stereocenters. The maximum Gasteiger partial charge on any atom is 0.137 e. The normalized spacial score (nSPS) is 19.4. The van der Waals surface area contributed by atoms with Crippen LogP contribution >= 0.6 is 11.8 Å². The Morgan fingerprint density at radius 2 is 2.41 bits per heavy atom. The third-order valence-corrected chi connectivity index (χ3v) is 3.98. The molecule has 1 saturated heterocycles. The number of thioether (sulfide) groups is 1. The number of nitrogens with zero attached hydrogens (tertiary/aromatic N) is 3. The highest BCUT2D eigenvalue weighted by atomic mass is 32.2. The molecule has 3 heterocycles. The summed E-state index contributed by atoms with van der Waals surface area (Å²) < 4.78 is 1.90. The maximum absolute atomic E-state index is 4.42. The number of rotatable bonds is 3. The van der Waals surface area contributed by atoms with Crippen LogP contribution in [-0.2, 0) is 0 Å². The van der Waals surface area contributed by atoms with Crippen molar-refractivity contribution in [3.63, 3.8) is 0 Å². The summed E-state index contributed by atoms with van der Waals surface area (Å²) in [6.07, 6.45) is 8.53. The van der Waals surface area contributed by atoms with E-state index < -0.39 is 0 Å². The second-order valence-electron chi connectivity index (χ2n) is 4.08. The number of imidazole rings is 1. The molecule has 1 aliphatic rings. The summed E-state index contributed by atoms with van der Waals surface area (Å²) >= 11 is 2.01. The van der Waals surface area contributed by atoms with Crippen LogP contribution in [0.4, 0.5) is 5.69 Å². The molecule has 0 aromatic carbocycles. The number of aromatic nitrogens is 3. The van der Waals surface area contributed by atoms with Gasteiger partial charge in [-0.2, -0.15) is 11.8 Å². The van der Waals surface area contributed by atoms with E-state index in [-0.39, 0.29) is 0 Å². The highest BCUT2D eigenvalue weighted by Crippen LogP contribution is 2.21. The van der Waals surface area contributed by atoms with E-state index in [2.05, 4.69) is 21.4 Å². The van der Waals surface area contributed by atoms with Gasteiger partial charge in [-0.3, -0.25) is 4.57 Å². The van der Waals surface area contributed by atoms with Crippen molar-refractivity contribution < 1.29 is 0 Å². The number of nitrogens with one attached hydrogen (secondary N) is 1. The van der Waals surface area contributed by atoms with Gasteiger partial charge in [0.2, 0.25) is 0 Å². The van der Waals surface area contributed by atoms with Gasteiger partial charge in [-0.25, -0.2) is 9.97 Å². The lowest BCUT2D eigenvalue weighted by molar-refractivity contribution is 0.811. The molecule has 88 valence electrons. The minimum absolute atomic E-state index is 0.598. The molecule has 2 aromatic rings. The summed E-state index contributed by atoms with van der Waals surface area (Å²) in [6, 6.07) is 4.68. The molecule has 2 aromatic heterocycles. The van der Waals surface area contributed by atoms with E-state index in [1.165, 1.54) is 17.9 Å². The molecule has 0 spiro atoms. The summed E-state index contributed by atoms with van der Waals surface area (Å²) in [4.78, 5) is 8.43. The maximum atomic E-state index is 4.42. The van der Waals surface area contributed by atoms with E-state index in [0.29, 0.717) is 6.04 Å². The zero-order valence-corrected chi connectivity index (χ0v) is 10.2. The quantitative estimate of drug-likeness (QED) is 0.901. The van der Waals surface area contributed by atoms with Gasteiger partial charge in [0.05, 0.1) is 11.9 Å². The molecule has 0 saturated carbocycles. The lowest BCUT2D eigenvalue weighted by Gasteiger charge is -2.12. The Morgan fingerprint density at radius 1 is 1.41 bits per heavy atom. The molecule has 17 heavy (non-hydrogen) atoms. The van der Waals surface area contributed by atoms with Gasteiger partial charge in [-0.15, -0.1) is 0 Å². The van der Waals surface area contributed by atoms with Gasteiger partial charge in [0.15, 0.2) is 0 Å². The van der Waals surface area contributed by atoms with Gasteiger partial charge < -0.3 is 5.32 Å². The molecule has 4 nitrogen and oxygen atoms in total. The van der Waals surface area contributed by atoms with E-state index >= 15 is 0 Å². The van der Waals surface area contributed by atoms with Crippen molar-refractivity contribution in [2.75, 3.05) is 16.8 Å². The highest BCUT2D eigenvalue weighted by Gasteiger charge is 2.14. The van der Waals surface area contributed by atoms with Crippen LogP contribution in [0.25, 0.3) is 5.82 Å². The Bertz CT molecular complexity index is 460. The third-order valence-electron chi connectivity index (χ3n) is 2.82. The average Bonchev–Trinajstić information content (AvgIpc) is 3.01. The molecule has 1 aliphatic heterocycles. The first kappa shape index (κ1) is 10.7. The fourth-order valence-electron chi connectivity index (χ4n) is 1.90. The van der Waals surface area contributed by atoms with Crippen LogP contribution < -0.4 is 5.32 Å².